The highest BCUT2D eigenvalue weighted by molar-refractivity contribution is 8.00. The Morgan fingerprint density at radius 2 is 1.58 bits per heavy atom. The predicted octanol–water partition coefficient (Wildman–Crippen LogP) is 5.06. The molecule has 0 unspecified atom stereocenters. The molecule has 3 N–H and O–H groups in total. The molecule has 0 saturated heterocycles. The topological polar surface area (TPSA) is 104 Å². The smallest absolute Gasteiger partial charge is 0.316 e. The summed E-state index contributed by atoms with van der Waals surface area (Å²) in [5, 5.41) is 21.7. The molecule has 8 heteroatoms. The van der Waals surface area contributed by atoms with Crippen molar-refractivity contribution in [3.05, 3.63) is 72.8 Å². The number of anilines is 1. The van der Waals surface area contributed by atoms with Gasteiger partial charge in [-0.25, -0.2) is 8.42 Å². The van der Waals surface area contributed by atoms with E-state index in [9.17, 15) is 23.4 Å². The van der Waals surface area contributed by atoms with Gasteiger partial charge in [-0.2, -0.15) is 0 Å². The molecular formula is C23H19NO5S2. The lowest BCUT2D eigenvalue weighted by Crippen LogP contribution is -2.14. The number of carboxylic acid groups (broad SMARTS) is 1. The van der Waals surface area contributed by atoms with E-state index in [1.165, 1.54) is 19.1 Å². The second kappa shape index (κ2) is 8.13. The second-order valence-electron chi connectivity index (χ2n) is 7.03. The van der Waals surface area contributed by atoms with E-state index in [0.29, 0.717) is 10.8 Å². The number of carbonyl (C=O) groups is 1. The average molecular weight is 454 g/mol. The van der Waals surface area contributed by atoms with Crippen molar-refractivity contribution >= 4 is 55.0 Å². The van der Waals surface area contributed by atoms with Crippen LogP contribution in [0.15, 0.2) is 82.6 Å². The maximum absolute atomic E-state index is 13.1. The quantitative estimate of drug-likeness (QED) is 0.278. The molecule has 6 nitrogen and oxygen atoms in total. The lowest BCUT2D eigenvalue weighted by molar-refractivity contribution is -0.136. The summed E-state index contributed by atoms with van der Waals surface area (Å²) in [6.45, 7) is 1.50. The molecule has 31 heavy (non-hydrogen) atoms. The van der Waals surface area contributed by atoms with Crippen molar-refractivity contribution in [3.8, 4) is 5.75 Å². The van der Waals surface area contributed by atoms with Gasteiger partial charge in [-0.3, -0.25) is 9.52 Å². The molecule has 0 bridgehead atoms. The van der Waals surface area contributed by atoms with Crippen molar-refractivity contribution < 1.29 is 23.4 Å². The number of hydrogen-bond donors (Lipinski definition) is 3. The summed E-state index contributed by atoms with van der Waals surface area (Å²) in [5.41, 5.74) is 0.265. The first-order valence-corrected chi connectivity index (χ1v) is 11.8. The summed E-state index contributed by atoms with van der Waals surface area (Å²) in [7, 11) is -3.93. The fourth-order valence-corrected chi connectivity index (χ4v) is 5.28. The standard InChI is InChI=1S/C23H19NO5S2/c1-14(23(26)27)30-21-13-20(18-8-4-5-9-19(18)22(21)25)24-31(28,29)17-11-10-15-6-2-3-7-16(15)12-17/h2-14,24-25H,1H3,(H,26,27)/t14-/m1/s1. The highest BCUT2D eigenvalue weighted by atomic mass is 32.2. The zero-order valence-electron chi connectivity index (χ0n) is 16.4. The number of fused-ring (bicyclic) bond motifs is 2. The Kier molecular flexibility index (Phi) is 5.51. The minimum Gasteiger partial charge on any atom is -0.506 e. The van der Waals surface area contributed by atoms with Crippen molar-refractivity contribution in [1.29, 1.82) is 0 Å². The summed E-state index contributed by atoms with van der Waals surface area (Å²) < 4.78 is 28.9. The van der Waals surface area contributed by atoms with Gasteiger partial charge in [0.25, 0.3) is 10.0 Å². The molecule has 0 amide bonds. The van der Waals surface area contributed by atoms with Crippen LogP contribution in [0.2, 0.25) is 0 Å². The lowest BCUT2D eigenvalue weighted by Gasteiger charge is -2.16. The van der Waals surface area contributed by atoms with Gasteiger partial charge in [-0.05, 0) is 35.9 Å². The summed E-state index contributed by atoms with van der Waals surface area (Å²) in [6.07, 6.45) is 0. The summed E-state index contributed by atoms with van der Waals surface area (Å²) >= 11 is 0.947. The number of thioether (sulfide) groups is 1. The first-order chi connectivity index (χ1) is 14.8. The van der Waals surface area contributed by atoms with Gasteiger partial charge in [0, 0.05) is 10.8 Å². The van der Waals surface area contributed by atoms with Crippen LogP contribution >= 0.6 is 11.8 Å². The third kappa shape index (κ3) is 4.17. The largest absolute Gasteiger partial charge is 0.506 e. The van der Waals surface area contributed by atoms with Gasteiger partial charge in [0.1, 0.15) is 11.0 Å². The van der Waals surface area contributed by atoms with Crippen LogP contribution in [0.1, 0.15) is 6.92 Å². The minimum atomic E-state index is -3.93. The van der Waals surface area contributed by atoms with Crippen LogP contribution in [0, 0.1) is 0 Å². The molecule has 0 fully saturated rings. The van der Waals surface area contributed by atoms with Gasteiger partial charge in [-0.15, -0.1) is 11.8 Å². The van der Waals surface area contributed by atoms with Crippen molar-refractivity contribution in [2.45, 2.75) is 22.0 Å². The van der Waals surface area contributed by atoms with Gasteiger partial charge in [0.05, 0.1) is 15.5 Å². The van der Waals surface area contributed by atoms with E-state index in [2.05, 4.69) is 4.72 Å². The summed E-state index contributed by atoms with van der Waals surface area (Å²) in [4.78, 5) is 11.7. The second-order valence-corrected chi connectivity index (χ2v) is 10.1. The first kappa shape index (κ1) is 21.0. The number of sulfonamides is 1. The van der Waals surface area contributed by atoms with E-state index in [1.807, 2.05) is 24.3 Å². The zero-order chi connectivity index (χ0) is 22.2. The number of aromatic hydroxyl groups is 1. The van der Waals surface area contributed by atoms with E-state index < -0.39 is 21.2 Å². The molecule has 158 valence electrons. The van der Waals surface area contributed by atoms with Crippen LogP contribution in [0.3, 0.4) is 0 Å². The Morgan fingerprint density at radius 3 is 2.29 bits per heavy atom. The molecule has 4 aromatic rings. The zero-order valence-corrected chi connectivity index (χ0v) is 18.1. The van der Waals surface area contributed by atoms with E-state index in [1.54, 1.807) is 36.4 Å². The van der Waals surface area contributed by atoms with E-state index in [-0.39, 0.29) is 21.2 Å². The maximum atomic E-state index is 13.1. The number of hydrogen-bond acceptors (Lipinski definition) is 5. The number of aliphatic carboxylic acids is 1. The molecular weight excluding hydrogens is 434 g/mol. The monoisotopic (exact) mass is 453 g/mol. The maximum Gasteiger partial charge on any atom is 0.316 e. The van der Waals surface area contributed by atoms with Gasteiger partial charge in [0.2, 0.25) is 0 Å². The molecule has 0 aliphatic heterocycles. The highest BCUT2D eigenvalue weighted by Crippen LogP contribution is 2.41. The van der Waals surface area contributed by atoms with E-state index >= 15 is 0 Å². The SMILES string of the molecule is C[C@@H](Sc1cc(NS(=O)(=O)c2ccc3ccccc3c2)c2ccccc2c1O)C(=O)O. The molecule has 0 radical (unpaired) electrons. The lowest BCUT2D eigenvalue weighted by atomic mass is 10.1. The van der Waals surface area contributed by atoms with Crippen LogP contribution in [-0.2, 0) is 14.8 Å². The van der Waals surface area contributed by atoms with Crippen LogP contribution < -0.4 is 4.72 Å². The Bertz CT molecular complexity index is 1420. The van der Waals surface area contributed by atoms with Gasteiger partial charge >= 0.3 is 5.97 Å². The Hall–Kier alpha value is -3.23. The molecule has 4 aromatic carbocycles. The molecule has 0 heterocycles. The number of rotatable bonds is 6. The molecule has 1 atom stereocenters. The number of benzene rings is 4. The molecule has 0 aromatic heterocycles. The number of nitrogens with one attached hydrogen (secondary N) is 1. The predicted molar refractivity (Wildman–Crippen MR) is 123 cm³/mol. The van der Waals surface area contributed by atoms with Gasteiger partial charge in [-0.1, -0.05) is 54.6 Å². The first-order valence-electron chi connectivity index (χ1n) is 9.42. The fraction of sp³-hybridized carbons (Fsp3) is 0.0870. The summed E-state index contributed by atoms with van der Waals surface area (Å²) in [6, 6.07) is 20.6. The molecule has 0 spiro atoms. The minimum absolute atomic E-state index is 0.0812. The van der Waals surface area contributed by atoms with E-state index in [0.717, 1.165) is 22.5 Å². The van der Waals surface area contributed by atoms with Crippen molar-refractivity contribution in [2.24, 2.45) is 0 Å². The average Bonchev–Trinajstić information content (AvgIpc) is 2.76. The van der Waals surface area contributed by atoms with Crippen LogP contribution in [0.5, 0.6) is 5.75 Å². The normalized spacial score (nSPS) is 12.7. The number of carboxylic acids is 1. The Morgan fingerprint density at radius 1 is 0.935 bits per heavy atom. The van der Waals surface area contributed by atoms with Crippen molar-refractivity contribution in [1.82, 2.24) is 0 Å². The van der Waals surface area contributed by atoms with Crippen LogP contribution in [-0.4, -0.2) is 29.9 Å². The Labute approximate surface area is 183 Å². The fourth-order valence-electron chi connectivity index (χ4n) is 3.29. The number of phenolic OH excluding ortho intramolecular Hbond substituents is 1. The third-order valence-corrected chi connectivity index (χ3v) is 7.39. The molecule has 4 rings (SSSR count). The number of phenols is 1. The highest BCUT2D eigenvalue weighted by Gasteiger charge is 2.21. The van der Waals surface area contributed by atoms with Gasteiger partial charge < -0.3 is 10.2 Å². The molecule has 0 aliphatic carbocycles. The van der Waals surface area contributed by atoms with Crippen LogP contribution in [0.4, 0.5) is 5.69 Å². The van der Waals surface area contributed by atoms with Crippen LogP contribution in [0.25, 0.3) is 21.5 Å². The molecule has 0 aliphatic rings. The van der Waals surface area contributed by atoms with Crippen molar-refractivity contribution in [3.63, 3.8) is 0 Å². The third-order valence-electron chi connectivity index (χ3n) is 4.91. The van der Waals surface area contributed by atoms with Gasteiger partial charge in [0.15, 0.2) is 0 Å². The molecule has 0 saturated carbocycles. The Balaban J connectivity index is 1.80. The van der Waals surface area contributed by atoms with E-state index in [4.69, 9.17) is 0 Å². The summed E-state index contributed by atoms with van der Waals surface area (Å²) in [5.74, 6) is -1.11. The van der Waals surface area contributed by atoms with Crippen molar-refractivity contribution in [2.75, 3.05) is 4.72 Å².